The topological polar surface area (TPSA) is 71.1 Å². The zero-order chi connectivity index (χ0) is 23.3. The van der Waals surface area contributed by atoms with Crippen LogP contribution in [0.25, 0.3) is 0 Å². The van der Waals surface area contributed by atoms with Gasteiger partial charge in [-0.15, -0.1) is 0 Å². The smallest absolute Gasteiger partial charge is 0.245 e. The second kappa shape index (κ2) is 10.6. The number of amides is 2. The molecule has 3 heterocycles. The van der Waals surface area contributed by atoms with Gasteiger partial charge in [0.1, 0.15) is 18.4 Å². The molecule has 2 fully saturated rings. The molecule has 180 valence electrons. The highest BCUT2D eigenvalue weighted by molar-refractivity contribution is 5.90. The monoisotopic (exact) mass is 463 g/mol. The summed E-state index contributed by atoms with van der Waals surface area (Å²) in [6, 6.07) is 16.3. The zero-order valence-corrected chi connectivity index (χ0v) is 19.6. The number of fused-ring (bicyclic) bond motifs is 1. The Hall–Kier alpha value is -2.90. The average molecular weight is 464 g/mol. The molecule has 0 aromatic heterocycles. The van der Waals surface area contributed by atoms with Crippen LogP contribution >= 0.6 is 0 Å². The number of ether oxygens (including phenoxy) is 2. The number of nitrogens with zero attached hydrogens (tertiary/aromatic N) is 2. The maximum atomic E-state index is 12.9. The van der Waals surface area contributed by atoms with Gasteiger partial charge in [-0.3, -0.25) is 14.5 Å². The molecule has 0 bridgehead atoms. The predicted molar refractivity (Wildman–Crippen MR) is 128 cm³/mol. The number of hydrogen-bond donors (Lipinski definition) is 1. The highest BCUT2D eigenvalue weighted by Crippen LogP contribution is 2.27. The van der Waals surface area contributed by atoms with Crippen molar-refractivity contribution in [3.63, 3.8) is 0 Å². The van der Waals surface area contributed by atoms with Crippen molar-refractivity contribution in [2.45, 2.75) is 57.5 Å². The van der Waals surface area contributed by atoms with E-state index < -0.39 is 6.04 Å². The molecule has 2 amide bonds. The molecule has 0 unspecified atom stereocenters. The molecular formula is C27H33N3O4. The van der Waals surface area contributed by atoms with Gasteiger partial charge in [0.05, 0.1) is 19.3 Å². The van der Waals surface area contributed by atoms with E-state index in [2.05, 4.69) is 46.6 Å². The normalized spacial score (nSPS) is 21.5. The molecule has 34 heavy (non-hydrogen) atoms. The largest absolute Gasteiger partial charge is 0.491 e. The van der Waals surface area contributed by atoms with Crippen LogP contribution in [0.4, 0.5) is 0 Å². The number of hydrogen-bond acceptors (Lipinski definition) is 5. The highest BCUT2D eigenvalue weighted by atomic mass is 16.5. The SMILES string of the molecule is O=C1CC[C@@H](C(=O)N2CCOc3ccc(CN4CCC(OCc5ccccc5)CC4)cc3C2)N1. The van der Waals surface area contributed by atoms with E-state index in [4.69, 9.17) is 9.47 Å². The molecular weight excluding hydrogens is 430 g/mol. The summed E-state index contributed by atoms with van der Waals surface area (Å²) in [4.78, 5) is 28.8. The van der Waals surface area contributed by atoms with E-state index in [0.29, 0.717) is 45.2 Å². The van der Waals surface area contributed by atoms with Crippen molar-refractivity contribution in [3.8, 4) is 5.75 Å². The summed E-state index contributed by atoms with van der Waals surface area (Å²) in [5.41, 5.74) is 3.49. The molecule has 5 rings (SSSR count). The summed E-state index contributed by atoms with van der Waals surface area (Å²) in [7, 11) is 0. The quantitative estimate of drug-likeness (QED) is 0.713. The van der Waals surface area contributed by atoms with E-state index in [0.717, 1.165) is 43.8 Å². The Labute approximate surface area is 201 Å². The molecule has 0 radical (unpaired) electrons. The molecule has 3 aliphatic rings. The lowest BCUT2D eigenvalue weighted by Crippen LogP contribution is -2.44. The average Bonchev–Trinajstić information content (AvgIpc) is 3.19. The standard InChI is InChI=1S/C27H33N3O4/c31-26-9-7-24(28-26)27(32)30-14-15-33-25-8-6-21(16-22(25)18-30)17-29-12-10-23(11-13-29)34-19-20-4-2-1-3-5-20/h1-6,8,16,23-24H,7,9-15,17-19H2,(H,28,31)/t24-/m0/s1. The number of piperidine rings is 1. The minimum atomic E-state index is -0.400. The zero-order valence-electron chi connectivity index (χ0n) is 19.6. The molecule has 2 saturated heterocycles. The predicted octanol–water partition coefficient (Wildman–Crippen LogP) is 2.87. The first-order valence-electron chi connectivity index (χ1n) is 12.3. The van der Waals surface area contributed by atoms with Crippen LogP contribution in [0.15, 0.2) is 48.5 Å². The van der Waals surface area contributed by atoms with Crippen molar-refractivity contribution < 1.29 is 19.1 Å². The molecule has 3 aliphatic heterocycles. The number of carbonyl (C=O) groups is 2. The van der Waals surface area contributed by atoms with Crippen LogP contribution < -0.4 is 10.1 Å². The summed E-state index contributed by atoms with van der Waals surface area (Å²) in [6.07, 6.45) is 3.39. The second-order valence-corrected chi connectivity index (χ2v) is 9.48. The van der Waals surface area contributed by atoms with E-state index in [9.17, 15) is 9.59 Å². The van der Waals surface area contributed by atoms with Crippen molar-refractivity contribution in [1.29, 1.82) is 0 Å². The first-order chi connectivity index (χ1) is 16.6. The third-order valence-corrected chi connectivity index (χ3v) is 6.98. The molecule has 7 heteroatoms. The molecule has 0 aliphatic carbocycles. The molecule has 0 spiro atoms. The van der Waals surface area contributed by atoms with E-state index >= 15 is 0 Å². The first-order valence-corrected chi connectivity index (χ1v) is 12.3. The van der Waals surface area contributed by atoms with Gasteiger partial charge in [-0.1, -0.05) is 36.4 Å². The van der Waals surface area contributed by atoms with Gasteiger partial charge in [-0.2, -0.15) is 0 Å². The van der Waals surface area contributed by atoms with Crippen LogP contribution in [0, 0.1) is 0 Å². The number of carbonyl (C=O) groups excluding carboxylic acids is 2. The van der Waals surface area contributed by atoms with Gasteiger partial charge in [0.25, 0.3) is 0 Å². The summed E-state index contributed by atoms with van der Waals surface area (Å²) < 4.78 is 12.1. The van der Waals surface area contributed by atoms with Gasteiger partial charge in [-0.05, 0) is 42.5 Å². The molecule has 0 saturated carbocycles. The Kier molecular flexibility index (Phi) is 7.11. The van der Waals surface area contributed by atoms with Gasteiger partial charge in [-0.25, -0.2) is 0 Å². The highest BCUT2D eigenvalue weighted by Gasteiger charge is 2.32. The number of likely N-dealkylation sites (tertiary alicyclic amines) is 1. The maximum absolute atomic E-state index is 12.9. The minimum Gasteiger partial charge on any atom is -0.491 e. The van der Waals surface area contributed by atoms with E-state index in [1.165, 1.54) is 11.1 Å². The van der Waals surface area contributed by atoms with Gasteiger partial charge in [0.2, 0.25) is 11.8 Å². The van der Waals surface area contributed by atoms with Crippen molar-refractivity contribution in [1.82, 2.24) is 15.1 Å². The van der Waals surface area contributed by atoms with Crippen LogP contribution in [0.3, 0.4) is 0 Å². The van der Waals surface area contributed by atoms with Crippen molar-refractivity contribution >= 4 is 11.8 Å². The Morgan fingerprint density at radius 3 is 2.62 bits per heavy atom. The lowest BCUT2D eigenvalue weighted by molar-refractivity contribution is -0.135. The third kappa shape index (κ3) is 5.59. The fraction of sp³-hybridized carbons (Fsp3) is 0.481. The fourth-order valence-electron chi connectivity index (χ4n) is 5.03. The van der Waals surface area contributed by atoms with Crippen molar-refractivity contribution in [2.24, 2.45) is 0 Å². The van der Waals surface area contributed by atoms with Crippen LogP contribution in [0.5, 0.6) is 5.75 Å². The number of benzene rings is 2. The van der Waals surface area contributed by atoms with Crippen LogP contribution in [0.1, 0.15) is 42.4 Å². The molecule has 7 nitrogen and oxygen atoms in total. The van der Waals surface area contributed by atoms with Crippen LogP contribution in [-0.4, -0.2) is 60.0 Å². The van der Waals surface area contributed by atoms with Crippen LogP contribution in [-0.2, 0) is 34.0 Å². The number of nitrogens with one attached hydrogen (secondary N) is 1. The lowest BCUT2D eigenvalue weighted by atomic mass is 10.0. The number of rotatable bonds is 6. The second-order valence-electron chi connectivity index (χ2n) is 9.48. The summed E-state index contributed by atoms with van der Waals surface area (Å²) in [6.45, 7) is 5.10. The summed E-state index contributed by atoms with van der Waals surface area (Å²) >= 11 is 0. The van der Waals surface area contributed by atoms with Gasteiger partial charge in [0, 0.05) is 38.2 Å². The third-order valence-electron chi connectivity index (χ3n) is 6.98. The van der Waals surface area contributed by atoms with E-state index in [1.807, 2.05) is 17.0 Å². The lowest BCUT2D eigenvalue weighted by Gasteiger charge is -2.32. The summed E-state index contributed by atoms with van der Waals surface area (Å²) in [5.74, 6) is 0.800. The maximum Gasteiger partial charge on any atom is 0.245 e. The Morgan fingerprint density at radius 2 is 1.85 bits per heavy atom. The van der Waals surface area contributed by atoms with E-state index in [1.54, 1.807) is 0 Å². The van der Waals surface area contributed by atoms with Gasteiger partial charge >= 0.3 is 0 Å². The first kappa shape index (κ1) is 22.9. The van der Waals surface area contributed by atoms with Crippen molar-refractivity contribution in [2.75, 3.05) is 26.2 Å². The van der Waals surface area contributed by atoms with E-state index in [-0.39, 0.29) is 11.8 Å². The van der Waals surface area contributed by atoms with Crippen molar-refractivity contribution in [3.05, 3.63) is 65.2 Å². The minimum absolute atomic E-state index is 0.00900. The Morgan fingerprint density at radius 1 is 1.03 bits per heavy atom. The summed E-state index contributed by atoms with van der Waals surface area (Å²) in [5, 5.41) is 2.79. The Balaban J connectivity index is 1.14. The van der Waals surface area contributed by atoms with Crippen LogP contribution in [0.2, 0.25) is 0 Å². The fourth-order valence-corrected chi connectivity index (χ4v) is 5.03. The molecule has 2 aromatic rings. The Bertz CT molecular complexity index is 1000. The molecule has 2 aromatic carbocycles. The molecule has 1 N–H and O–H groups in total. The molecule has 1 atom stereocenters. The van der Waals surface area contributed by atoms with Gasteiger partial charge < -0.3 is 19.7 Å². The van der Waals surface area contributed by atoms with Gasteiger partial charge in [0.15, 0.2) is 0 Å².